The first-order valence-corrected chi connectivity index (χ1v) is 13.8. The fraction of sp³-hybridized carbons (Fsp3) is 0.517. The zero-order valence-corrected chi connectivity index (χ0v) is 22.6. The van der Waals surface area contributed by atoms with E-state index >= 15 is 0 Å². The summed E-state index contributed by atoms with van der Waals surface area (Å²) in [4.78, 5) is 42.8. The predicted octanol–water partition coefficient (Wildman–Crippen LogP) is 5.36. The smallest absolute Gasteiger partial charge is 0.411 e. The number of nitrogens with zero attached hydrogens (tertiary/aromatic N) is 3. The van der Waals surface area contributed by atoms with E-state index in [9.17, 15) is 19.6 Å². The number of fused-ring (bicyclic) bond motifs is 3. The maximum absolute atomic E-state index is 13.4. The summed E-state index contributed by atoms with van der Waals surface area (Å²) in [6.07, 6.45) is 3.31. The molecule has 1 aromatic carbocycles. The fourth-order valence-electron chi connectivity index (χ4n) is 6.01. The van der Waals surface area contributed by atoms with E-state index in [1.807, 2.05) is 39.0 Å². The molecule has 5 rings (SSSR count). The molecule has 4 atom stereocenters. The molecule has 1 aliphatic carbocycles. The molecule has 1 saturated heterocycles. The second-order valence-corrected chi connectivity index (χ2v) is 12.5. The number of nitriles is 1. The summed E-state index contributed by atoms with van der Waals surface area (Å²) in [7, 11) is 1.80. The highest BCUT2D eigenvalue weighted by Crippen LogP contribution is 2.44. The number of ether oxygens (including phenoxy) is 1. The first kappa shape index (κ1) is 25.5. The number of amides is 2. The lowest BCUT2D eigenvalue weighted by Crippen LogP contribution is -2.51. The van der Waals surface area contributed by atoms with Crippen molar-refractivity contribution in [1.82, 2.24) is 4.90 Å². The summed E-state index contributed by atoms with van der Waals surface area (Å²) in [6, 6.07) is 10.0. The summed E-state index contributed by atoms with van der Waals surface area (Å²) < 4.78 is 5.62. The van der Waals surface area contributed by atoms with E-state index in [2.05, 4.69) is 17.5 Å². The zero-order chi connectivity index (χ0) is 26.5. The molecule has 2 fully saturated rings. The Hall–Kier alpha value is -3.18. The van der Waals surface area contributed by atoms with Crippen molar-refractivity contribution in [2.75, 3.05) is 11.9 Å². The van der Waals surface area contributed by atoms with Crippen molar-refractivity contribution in [3.05, 3.63) is 40.1 Å². The molecule has 3 heterocycles. The number of hydrogen-bond donors (Lipinski definition) is 0. The average Bonchev–Trinajstić information content (AvgIpc) is 3.62. The van der Waals surface area contributed by atoms with Crippen LogP contribution in [0, 0.1) is 23.2 Å². The Morgan fingerprint density at radius 2 is 2.00 bits per heavy atom. The van der Waals surface area contributed by atoms with E-state index in [-0.39, 0.29) is 30.1 Å². The number of hydrogen-bond acceptors (Lipinski definition) is 6. The zero-order valence-electron chi connectivity index (χ0n) is 21.8. The molecule has 0 radical (unpaired) electrons. The van der Waals surface area contributed by atoms with Crippen LogP contribution in [-0.4, -0.2) is 47.4 Å². The van der Waals surface area contributed by atoms with Gasteiger partial charge in [-0.1, -0.05) is 12.1 Å². The lowest BCUT2D eigenvalue weighted by Gasteiger charge is -2.35. The molecule has 0 N–H and O–H groups in total. The van der Waals surface area contributed by atoms with Gasteiger partial charge in [0.1, 0.15) is 5.60 Å². The maximum Gasteiger partial charge on any atom is 0.411 e. The summed E-state index contributed by atoms with van der Waals surface area (Å²) in [5, 5.41) is 11.9. The number of likely N-dealkylation sites (N-methyl/N-ethyl adjacent to an activating group) is 1. The molecule has 3 aliphatic rings. The minimum Gasteiger partial charge on any atom is -0.444 e. The van der Waals surface area contributed by atoms with Crippen molar-refractivity contribution in [3.8, 4) is 17.2 Å². The van der Waals surface area contributed by atoms with Crippen LogP contribution in [0.5, 0.6) is 0 Å². The standard InChI is InChI=1S/C29H33N3O4S/c1-29(2,3)36-28(35)32-22-8-7-20(11-22)27(32)25(33)10-17(15-30)9-23-12-21(16-37-23)18-5-6-19-14-26(34)31(4)24(19)13-18/h5-6,12-13,16-17,20,22,27H,7-11,14H2,1-4H3/t17?,20-,22+,27-/m0/s1. The Morgan fingerprint density at radius 3 is 2.73 bits per heavy atom. The van der Waals surface area contributed by atoms with Crippen LogP contribution < -0.4 is 4.90 Å². The molecule has 2 bridgehead atoms. The van der Waals surface area contributed by atoms with Gasteiger partial charge < -0.3 is 9.64 Å². The topological polar surface area (TPSA) is 90.7 Å². The lowest BCUT2D eigenvalue weighted by atomic mass is 9.89. The van der Waals surface area contributed by atoms with Crippen molar-refractivity contribution >= 4 is 34.8 Å². The monoisotopic (exact) mass is 519 g/mol. The van der Waals surface area contributed by atoms with Gasteiger partial charge in [0.15, 0.2) is 5.78 Å². The van der Waals surface area contributed by atoms with Crippen molar-refractivity contribution in [1.29, 1.82) is 5.26 Å². The van der Waals surface area contributed by atoms with Crippen LogP contribution in [0.2, 0.25) is 0 Å². The van der Waals surface area contributed by atoms with E-state index in [4.69, 9.17) is 4.74 Å². The number of carbonyl (C=O) groups excluding carboxylic acids is 3. The normalized spacial score (nSPS) is 23.2. The predicted molar refractivity (Wildman–Crippen MR) is 142 cm³/mol. The van der Waals surface area contributed by atoms with Gasteiger partial charge in [-0.3, -0.25) is 14.5 Å². The van der Waals surface area contributed by atoms with Gasteiger partial charge in [0.05, 0.1) is 24.4 Å². The first-order chi connectivity index (χ1) is 17.5. The molecular weight excluding hydrogens is 486 g/mol. The Morgan fingerprint density at radius 1 is 1.22 bits per heavy atom. The number of Topliss-reactive ketones (excluding diaryl/α,β-unsaturated/α-hetero) is 1. The summed E-state index contributed by atoms with van der Waals surface area (Å²) >= 11 is 1.58. The summed E-state index contributed by atoms with van der Waals surface area (Å²) in [5.74, 6) is -0.238. The van der Waals surface area contributed by atoms with E-state index in [0.29, 0.717) is 12.8 Å². The number of rotatable bonds is 6. The highest BCUT2D eigenvalue weighted by molar-refractivity contribution is 7.10. The molecule has 1 saturated carbocycles. The van der Waals surface area contributed by atoms with Gasteiger partial charge >= 0.3 is 6.09 Å². The van der Waals surface area contributed by atoms with E-state index in [1.165, 1.54) is 0 Å². The van der Waals surface area contributed by atoms with Crippen LogP contribution >= 0.6 is 11.3 Å². The molecule has 7 nitrogen and oxygen atoms in total. The quantitative estimate of drug-likeness (QED) is 0.512. The lowest BCUT2D eigenvalue weighted by molar-refractivity contribution is -0.126. The van der Waals surface area contributed by atoms with Gasteiger partial charge in [-0.25, -0.2) is 4.79 Å². The van der Waals surface area contributed by atoms with Crippen LogP contribution in [0.1, 0.15) is 56.9 Å². The second kappa shape index (κ2) is 9.60. The second-order valence-electron chi connectivity index (χ2n) is 11.5. The molecule has 0 spiro atoms. The van der Waals surface area contributed by atoms with E-state index < -0.39 is 23.7 Å². The van der Waals surface area contributed by atoms with Crippen molar-refractivity contribution < 1.29 is 19.1 Å². The van der Waals surface area contributed by atoms with Gasteiger partial charge in [-0.05, 0) is 86.6 Å². The molecule has 194 valence electrons. The number of ketones is 1. The largest absolute Gasteiger partial charge is 0.444 e. The Labute approximate surface area is 222 Å². The molecule has 37 heavy (non-hydrogen) atoms. The summed E-state index contributed by atoms with van der Waals surface area (Å²) in [6.45, 7) is 5.49. The van der Waals surface area contributed by atoms with E-state index in [1.54, 1.807) is 28.2 Å². The molecule has 2 aliphatic heterocycles. The first-order valence-electron chi connectivity index (χ1n) is 12.9. The SMILES string of the molecule is CN1C(=O)Cc2ccc(-c3csc(CC(C#N)CC(=O)[C@@H]4[C@H]5CC[C@H](C5)N4C(=O)OC(C)(C)C)c3)cc21. The molecule has 8 heteroatoms. The molecule has 2 aromatic rings. The van der Waals surface area contributed by atoms with Crippen molar-refractivity contribution in [2.45, 2.75) is 77.0 Å². The van der Waals surface area contributed by atoms with Crippen molar-refractivity contribution in [3.63, 3.8) is 0 Å². The third-order valence-electron chi connectivity index (χ3n) is 7.75. The molecule has 2 amide bonds. The number of benzene rings is 1. The van der Waals surface area contributed by atoms with Gasteiger partial charge in [0.25, 0.3) is 0 Å². The summed E-state index contributed by atoms with van der Waals surface area (Å²) in [5.41, 5.74) is 3.43. The highest BCUT2D eigenvalue weighted by atomic mass is 32.1. The highest BCUT2D eigenvalue weighted by Gasteiger charge is 2.52. The number of likely N-dealkylation sites (tertiary alicyclic amines) is 1. The average molecular weight is 520 g/mol. The van der Waals surface area contributed by atoms with Crippen LogP contribution in [0.15, 0.2) is 29.6 Å². The van der Waals surface area contributed by atoms with Crippen molar-refractivity contribution in [2.24, 2.45) is 11.8 Å². The fourth-order valence-corrected chi connectivity index (χ4v) is 6.99. The van der Waals surface area contributed by atoms with Crippen LogP contribution in [0.25, 0.3) is 11.1 Å². The number of thiophene rings is 1. The Balaban J connectivity index is 1.26. The molecule has 1 unspecified atom stereocenters. The van der Waals surface area contributed by atoms with Crippen LogP contribution in [0.4, 0.5) is 10.5 Å². The van der Waals surface area contributed by atoms with Crippen LogP contribution in [-0.2, 0) is 27.2 Å². The molecule has 1 aromatic heterocycles. The van der Waals surface area contributed by atoms with Crippen LogP contribution in [0.3, 0.4) is 0 Å². The number of piperidine rings is 1. The Bertz CT molecular complexity index is 1290. The van der Waals surface area contributed by atoms with Gasteiger partial charge in [-0.2, -0.15) is 5.26 Å². The number of carbonyl (C=O) groups is 3. The Kier molecular flexibility index (Phi) is 6.61. The van der Waals surface area contributed by atoms with Gasteiger partial charge in [-0.15, -0.1) is 11.3 Å². The minimum absolute atomic E-state index is 0.0345. The van der Waals surface area contributed by atoms with E-state index in [0.717, 1.165) is 46.5 Å². The third kappa shape index (κ3) is 5.02. The maximum atomic E-state index is 13.4. The van der Waals surface area contributed by atoms with Gasteiger partial charge in [0, 0.05) is 30.1 Å². The minimum atomic E-state index is -0.623. The number of anilines is 1. The van der Waals surface area contributed by atoms with Gasteiger partial charge in [0.2, 0.25) is 5.91 Å². The third-order valence-corrected chi connectivity index (χ3v) is 8.71. The molecular formula is C29H33N3O4S.